The fourth-order valence-electron chi connectivity index (χ4n) is 1.88. The Balaban J connectivity index is 2.12. The van der Waals surface area contributed by atoms with Crippen molar-refractivity contribution in [3.63, 3.8) is 0 Å². The van der Waals surface area contributed by atoms with Crippen molar-refractivity contribution in [2.24, 2.45) is 0 Å². The number of anilines is 1. The zero-order valence-electron chi connectivity index (χ0n) is 12.9. The van der Waals surface area contributed by atoms with E-state index in [2.05, 4.69) is 10.4 Å². The van der Waals surface area contributed by atoms with Gasteiger partial charge in [0.15, 0.2) is 5.82 Å². The van der Waals surface area contributed by atoms with Gasteiger partial charge in [-0.1, -0.05) is 11.6 Å². The Morgan fingerprint density at radius 3 is 2.83 bits per heavy atom. The molecule has 128 valence electrons. The number of carboxylic acid groups (broad SMARTS) is 1. The van der Waals surface area contributed by atoms with Crippen LogP contribution in [-0.2, 0) is 16.1 Å². The average molecular weight is 354 g/mol. The Morgan fingerprint density at radius 1 is 1.33 bits per heavy atom. The summed E-state index contributed by atoms with van der Waals surface area (Å²) in [6, 6.07) is 6.18. The fraction of sp³-hybridized carbons (Fsp3) is 0.267. The van der Waals surface area contributed by atoms with Crippen LogP contribution in [0.15, 0.2) is 30.5 Å². The van der Waals surface area contributed by atoms with Gasteiger partial charge in [-0.2, -0.15) is 5.10 Å². The maximum atomic E-state index is 12.4. The van der Waals surface area contributed by atoms with E-state index in [4.69, 9.17) is 26.2 Å². The minimum absolute atomic E-state index is 0.226. The van der Waals surface area contributed by atoms with E-state index in [1.807, 2.05) is 0 Å². The minimum Gasteiger partial charge on any atom is -0.490 e. The van der Waals surface area contributed by atoms with E-state index in [-0.39, 0.29) is 24.5 Å². The van der Waals surface area contributed by atoms with Gasteiger partial charge in [0.2, 0.25) is 0 Å². The maximum Gasteiger partial charge on any atom is 0.325 e. The number of aromatic nitrogens is 2. The molecule has 1 aromatic carbocycles. The highest BCUT2D eigenvalue weighted by Crippen LogP contribution is 2.24. The Bertz CT molecular complexity index is 732. The number of nitrogens with zero attached hydrogens (tertiary/aromatic N) is 2. The summed E-state index contributed by atoms with van der Waals surface area (Å²) in [7, 11) is 1.55. The van der Waals surface area contributed by atoms with E-state index in [0.717, 1.165) is 0 Å². The Labute approximate surface area is 142 Å². The second-order valence-electron chi connectivity index (χ2n) is 4.73. The quantitative estimate of drug-likeness (QED) is 0.703. The summed E-state index contributed by atoms with van der Waals surface area (Å²) in [5.41, 5.74) is 0.242. The predicted molar refractivity (Wildman–Crippen MR) is 86.6 cm³/mol. The molecule has 1 heterocycles. The smallest absolute Gasteiger partial charge is 0.325 e. The third-order valence-electron chi connectivity index (χ3n) is 2.91. The molecule has 1 amide bonds. The van der Waals surface area contributed by atoms with Crippen molar-refractivity contribution in [2.45, 2.75) is 6.54 Å². The third kappa shape index (κ3) is 4.97. The van der Waals surface area contributed by atoms with Gasteiger partial charge in [0.05, 0.1) is 12.2 Å². The number of halogens is 1. The number of ether oxygens (including phenoxy) is 2. The van der Waals surface area contributed by atoms with Crippen molar-refractivity contribution in [3.05, 3.63) is 41.0 Å². The largest absolute Gasteiger partial charge is 0.490 e. The highest BCUT2D eigenvalue weighted by atomic mass is 35.5. The van der Waals surface area contributed by atoms with Gasteiger partial charge in [0.25, 0.3) is 5.91 Å². The number of carboxylic acids is 1. The van der Waals surface area contributed by atoms with Gasteiger partial charge in [-0.3, -0.25) is 14.3 Å². The van der Waals surface area contributed by atoms with Crippen LogP contribution in [0.1, 0.15) is 10.4 Å². The van der Waals surface area contributed by atoms with Gasteiger partial charge in [-0.25, -0.2) is 0 Å². The van der Waals surface area contributed by atoms with Crippen LogP contribution in [0.25, 0.3) is 0 Å². The Hall–Kier alpha value is -2.58. The topological polar surface area (TPSA) is 103 Å². The molecule has 0 radical (unpaired) electrons. The van der Waals surface area contributed by atoms with E-state index in [0.29, 0.717) is 17.4 Å². The van der Waals surface area contributed by atoms with Crippen molar-refractivity contribution in [2.75, 3.05) is 25.6 Å². The summed E-state index contributed by atoms with van der Waals surface area (Å²) in [6.45, 7) is 0.368. The fourth-order valence-corrected chi connectivity index (χ4v) is 2.05. The van der Waals surface area contributed by atoms with Crippen LogP contribution in [0.4, 0.5) is 5.82 Å². The lowest BCUT2D eigenvalue weighted by atomic mass is 10.2. The average Bonchev–Trinajstić information content (AvgIpc) is 2.95. The van der Waals surface area contributed by atoms with Gasteiger partial charge in [-0.15, -0.1) is 0 Å². The van der Waals surface area contributed by atoms with Crippen molar-refractivity contribution in [1.82, 2.24) is 9.78 Å². The first-order chi connectivity index (χ1) is 11.5. The van der Waals surface area contributed by atoms with Gasteiger partial charge >= 0.3 is 5.97 Å². The van der Waals surface area contributed by atoms with Crippen LogP contribution in [0.2, 0.25) is 5.02 Å². The molecule has 0 fully saturated rings. The summed E-state index contributed by atoms with van der Waals surface area (Å²) in [6.07, 6.45) is 1.46. The molecule has 9 heteroatoms. The molecule has 0 spiro atoms. The highest BCUT2D eigenvalue weighted by molar-refractivity contribution is 6.31. The lowest BCUT2D eigenvalue weighted by molar-refractivity contribution is -0.137. The summed E-state index contributed by atoms with van der Waals surface area (Å²) in [4.78, 5) is 23.0. The molecule has 0 saturated carbocycles. The molecule has 0 bridgehead atoms. The van der Waals surface area contributed by atoms with E-state index >= 15 is 0 Å². The van der Waals surface area contributed by atoms with Gasteiger partial charge in [0, 0.05) is 24.4 Å². The summed E-state index contributed by atoms with van der Waals surface area (Å²) in [5, 5.41) is 15.6. The number of carbonyl (C=O) groups excluding carboxylic acids is 1. The third-order valence-corrected chi connectivity index (χ3v) is 3.15. The summed E-state index contributed by atoms with van der Waals surface area (Å²) < 4.78 is 11.6. The van der Waals surface area contributed by atoms with E-state index in [1.54, 1.807) is 19.2 Å². The summed E-state index contributed by atoms with van der Waals surface area (Å²) >= 11 is 5.94. The molecule has 2 aromatic rings. The molecule has 2 rings (SSSR count). The zero-order valence-corrected chi connectivity index (χ0v) is 13.6. The zero-order chi connectivity index (χ0) is 17.5. The SMILES string of the molecule is COCCOc1ccc(Cl)cc1C(=O)Nc1ccn(CC(=O)O)n1. The molecule has 0 aliphatic rings. The number of aliphatic carboxylic acids is 1. The van der Waals surface area contributed by atoms with Gasteiger partial charge in [0.1, 0.15) is 18.9 Å². The second kappa shape index (κ2) is 8.32. The van der Waals surface area contributed by atoms with Crippen molar-refractivity contribution >= 4 is 29.3 Å². The van der Waals surface area contributed by atoms with Crippen LogP contribution in [0.3, 0.4) is 0 Å². The minimum atomic E-state index is -1.03. The second-order valence-corrected chi connectivity index (χ2v) is 5.16. The normalized spacial score (nSPS) is 10.4. The molecule has 0 atom stereocenters. The maximum absolute atomic E-state index is 12.4. The first kappa shape index (κ1) is 17.8. The number of carbonyl (C=O) groups is 2. The predicted octanol–water partition coefficient (Wildman–Crippen LogP) is 1.90. The number of rotatable bonds is 8. The van der Waals surface area contributed by atoms with Crippen LogP contribution < -0.4 is 10.1 Å². The standard InChI is InChI=1S/C15H16ClN3O5/c1-23-6-7-24-12-3-2-10(16)8-11(12)15(22)17-13-4-5-19(18-13)9-14(20)21/h2-5,8H,6-7,9H2,1H3,(H,20,21)(H,17,18,22). The lowest BCUT2D eigenvalue weighted by Gasteiger charge is -2.11. The van der Waals surface area contributed by atoms with Crippen LogP contribution in [0, 0.1) is 0 Å². The number of hydrogen-bond acceptors (Lipinski definition) is 5. The molecule has 8 nitrogen and oxygen atoms in total. The number of nitrogens with one attached hydrogen (secondary N) is 1. The number of amides is 1. The van der Waals surface area contributed by atoms with E-state index in [9.17, 15) is 9.59 Å². The van der Waals surface area contributed by atoms with Crippen LogP contribution in [0.5, 0.6) is 5.75 Å². The van der Waals surface area contributed by atoms with Crippen LogP contribution >= 0.6 is 11.6 Å². The first-order valence-corrected chi connectivity index (χ1v) is 7.35. The van der Waals surface area contributed by atoms with Crippen molar-refractivity contribution < 1.29 is 24.2 Å². The van der Waals surface area contributed by atoms with Crippen LogP contribution in [-0.4, -0.2) is 47.1 Å². The Kier molecular flexibility index (Phi) is 6.16. The number of hydrogen-bond donors (Lipinski definition) is 2. The summed E-state index contributed by atoms with van der Waals surface area (Å²) in [5.74, 6) is -0.909. The Morgan fingerprint density at radius 2 is 2.12 bits per heavy atom. The van der Waals surface area contributed by atoms with E-state index in [1.165, 1.54) is 23.0 Å². The molecule has 0 unspecified atom stereocenters. The van der Waals surface area contributed by atoms with Crippen molar-refractivity contribution in [3.8, 4) is 5.75 Å². The molecule has 0 saturated heterocycles. The van der Waals surface area contributed by atoms with Crippen molar-refractivity contribution in [1.29, 1.82) is 0 Å². The molecule has 2 N–H and O–H groups in total. The monoisotopic (exact) mass is 353 g/mol. The van der Waals surface area contributed by atoms with E-state index < -0.39 is 11.9 Å². The molecule has 0 aliphatic carbocycles. The number of benzene rings is 1. The molecular weight excluding hydrogens is 338 g/mol. The number of methoxy groups -OCH3 is 1. The molecular formula is C15H16ClN3O5. The molecule has 24 heavy (non-hydrogen) atoms. The first-order valence-electron chi connectivity index (χ1n) is 6.97. The highest BCUT2D eigenvalue weighted by Gasteiger charge is 2.15. The molecule has 0 aliphatic heterocycles. The van der Waals surface area contributed by atoms with Gasteiger partial charge in [-0.05, 0) is 18.2 Å². The molecule has 1 aromatic heterocycles. The lowest BCUT2D eigenvalue weighted by Crippen LogP contribution is -2.16. The van der Waals surface area contributed by atoms with Gasteiger partial charge < -0.3 is 19.9 Å².